The summed E-state index contributed by atoms with van der Waals surface area (Å²) < 4.78 is 5.39. The van der Waals surface area contributed by atoms with Gasteiger partial charge in [0.2, 0.25) is 0 Å². The lowest BCUT2D eigenvalue weighted by molar-refractivity contribution is 0.00574. The molecule has 1 aliphatic carbocycles. The molecule has 0 aromatic carbocycles. The lowest BCUT2D eigenvalue weighted by Gasteiger charge is -2.39. The summed E-state index contributed by atoms with van der Waals surface area (Å²) in [6.07, 6.45) is 5.46. The molecule has 0 aromatic rings. The van der Waals surface area contributed by atoms with Gasteiger partial charge in [-0.25, -0.2) is 0 Å². The Morgan fingerprint density at radius 3 is 2.71 bits per heavy atom. The van der Waals surface area contributed by atoms with Crippen molar-refractivity contribution >= 4 is 0 Å². The fraction of sp³-hybridized carbons (Fsp3) is 1.00. The number of rotatable bonds is 2. The summed E-state index contributed by atoms with van der Waals surface area (Å²) in [7, 11) is 2.09. The van der Waals surface area contributed by atoms with Crippen molar-refractivity contribution in [3.63, 3.8) is 0 Å². The second-order valence-electron chi connectivity index (χ2n) is 4.45. The fourth-order valence-electron chi connectivity index (χ4n) is 2.70. The zero-order valence-electron chi connectivity index (χ0n) is 9.17. The van der Waals surface area contributed by atoms with Gasteiger partial charge in [0.1, 0.15) is 0 Å². The van der Waals surface area contributed by atoms with Crippen molar-refractivity contribution in [1.82, 2.24) is 10.2 Å². The molecule has 2 atom stereocenters. The lowest BCUT2D eigenvalue weighted by Crippen LogP contribution is -2.48. The number of hydrogen-bond acceptors (Lipinski definition) is 3. The molecule has 1 saturated heterocycles. The van der Waals surface area contributed by atoms with Crippen LogP contribution in [0.5, 0.6) is 0 Å². The Morgan fingerprint density at radius 1 is 1.21 bits per heavy atom. The second-order valence-corrected chi connectivity index (χ2v) is 4.45. The molecule has 1 heterocycles. The monoisotopic (exact) mass is 198 g/mol. The lowest BCUT2D eigenvalue weighted by atomic mass is 9.90. The van der Waals surface area contributed by atoms with E-state index >= 15 is 0 Å². The van der Waals surface area contributed by atoms with Gasteiger partial charge in [-0.3, -0.25) is 4.90 Å². The zero-order chi connectivity index (χ0) is 9.80. The number of nitrogens with one attached hydrogen (secondary N) is 1. The molecule has 14 heavy (non-hydrogen) atoms. The highest BCUT2D eigenvalue weighted by Gasteiger charge is 2.26. The van der Waals surface area contributed by atoms with Crippen molar-refractivity contribution in [2.45, 2.75) is 37.8 Å². The van der Waals surface area contributed by atoms with E-state index in [0.29, 0.717) is 0 Å². The molecule has 2 fully saturated rings. The molecule has 0 amide bonds. The van der Waals surface area contributed by atoms with Crippen LogP contribution in [0.25, 0.3) is 0 Å². The zero-order valence-corrected chi connectivity index (χ0v) is 9.17. The maximum absolute atomic E-state index is 5.39. The van der Waals surface area contributed by atoms with E-state index in [4.69, 9.17) is 4.74 Å². The van der Waals surface area contributed by atoms with Crippen LogP contribution < -0.4 is 5.32 Å². The predicted octanol–water partition coefficient (Wildman–Crippen LogP) is 0.849. The van der Waals surface area contributed by atoms with Crippen molar-refractivity contribution in [3.8, 4) is 0 Å². The molecule has 3 nitrogen and oxygen atoms in total. The quantitative estimate of drug-likeness (QED) is 0.712. The Bertz CT molecular complexity index is 169. The normalized spacial score (nSPS) is 35.8. The van der Waals surface area contributed by atoms with Gasteiger partial charge in [-0.15, -0.1) is 0 Å². The van der Waals surface area contributed by atoms with E-state index in [2.05, 4.69) is 17.3 Å². The minimum Gasteiger partial charge on any atom is -0.379 e. The molecule has 0 aromatic heterocycles. The van der Waals surface area contributed by atoms with E-state index in [-0.39, 0.29) is 0 Å². The van der Waals surface area contributed by atoms with Crippen LogP contribution in [-0.4, -0.2) is 50.3 Å². The molecule has 1 saturated carbocycles. The third-order valence-corrected chi connectivity index (χ3v) is 3.62. The standard InChI is InChI=1S/C11H22N2O/c1-12-10-3-2-4-11(9-10)13-5-7-14-8-6-13/h10-12H,2-9H2,1H3/t10-,11-/m0/s1. The van der Waals surface area contributed by atoms with Crippen LogP contribution >= 0.6 is 0 Å². The minimum atomic E-state index is 0.747. The molecular formula is C11H22N2O. The van der Waals surface area contributed by atoms with E-state index in [1.807, 2.05) is 0 Å². The maximum atomic E-state index is 5.39. The molecule has 1 N–H and O–H groups in total. The first-order chi connectivity index (χ1) is 6.90. The molecule has 0 bridgehead atoms. The van der Waals surface area contributed by atoms with Crippen molar-refractivity contribution in [2.75, 3.05) is 33.4 Å². The fourth-order valence-corrected chi connectivity index (χ4v) is 2.70. The predicted molar refractivity (Wildman–Crippen MR) is 57.5 cm³/mol. The molecule has 2 rings (SSSR count). The van der Waals surface area contributed by atoms with Gasteiger partial charge in [-0.2, -0.15) is 0 Å². The first-order valence-corrected chi connectivity index (χ1v) is 5.89. The van der Waals surface area contributed by atoms with Gasteiger partial charge < -0.3 is 10.1 Å². The molecule has 0 unspecified atom stereocenters. The van der Waals surface area contributed by atoms with Gasteiger partial charge in [0.05, 0.1) is 13.2 Å². The third kappa shape index (κ3) is 2.47. The minimum absolute atomic E-state index is 0.747. The number of hydrogen-bond donors (Lipinski definition) is 1. The van der Waals surface area contributed by atoms with E-state index < -0.39 is 0 Å². The Kier molecular flexibility index (Phi) is 3.79. The van der Waals surface area contributed by atoms with Crippen LogP contribution in [0.4, 0.5) is 0 Å². The number of morpholine rings is 1. The third-order valence-electron chi connectivity index (χ3n) is 3.62. The van der Waals surface area contributed by atoms with Gasteiger partial charge in [0.25, 0.3) is 0 Å². The molecule has 82 valence electrons. The van der Waals surface area contributed by atoms with Crippen LogP contribution in [0.15, 0.2) is 0 Å². The summed E-state index contributed by atoms with van der Waals surface area (Å²) in [6, 6.07) is 1.56. The Balaban J connectivity index is 1.83. The summed E-state index contributed by atoms with van der Waals surface area (Å²) in [6.45, 7) is 4.14. The summed E-state index contributed by atoms with van der Waals surface area (Å²) >= 11 is 0. The van der Waals surface area contributed by atoms with Gasteiger partial charge in [-0.1, -0.05) is 6.42 Å². The van der Waals surface area contributed by atoms with E-state index in [0.717, 1.165) is 38.4 Å². The number of ether oxygens (including phenoxy) is 1. The van der Waals surface area contributed by atoms with Crippen molar-refractivity contribution in [1.29, 1.82) is 0 Å². The van der Waals surface area contributed by atoms with Crippen LogP contribution in [-0.2, 0) is 4.74 Å². The van der Waals surface area contributed by atoms with E-state index in [1.165, 1.54) is 25.7 Å². The Labute approximate surface area is 86.8 Å². The molecule has 0 radical (unpaired) electrons. The first kappa shape index (κ1) is 10.4. The van der Waals surface area contributed by atoms with Crippen LogP contribution in [0.3, 0.4) is 0 Å². The molecule has 0 spiro atoms. The maximum Gasteiger partial charge on any atom is 0.0594 e. The SMILES string of the molecule is CN[C@H]1CCC[C@H](N2CCOCC2)C1. The largest absolute Gasteiger partial charge is 0.379 e. The molecule has 3 heteroatoms. The summed E-state index contributed by atoms with van der Waals surface area (Å²) in [4.78, 5) is 2.62. The van der Waals surface area contributed by atoms with E-state index in [1.54, 1.807) is 0 Å². The highest BCUT2D eigenvalue weighted by Crippen LogP contribution is 2.23. The van der Waals surface area contributed by atoms with Gasteiger partial charge in [0, 0.05) is 25.2 Å². The topological polar surface area (TPSA) is 24.5 Å². The molecule has 2 aliphatic rings. The summed E-state index contributed by atoms with van der Waals surface area (Å²) in [5.41, 5.74) is 0. The molecule has 1 aliphatic heterocycles. The van der Waals surface area contributed by atoms with Gasteiger partial charge in [0.15, 0.2) is 0 Å². The first-order valence-electron chi connectivity index (χ1n) is 5.89. The van der Waals surface area contributed by atoms with Gasteiger partial charge in [-0.05, 0) is 26.3 Å². The molecular weight excluding hydrogens is 176 g/mol. The van der Waals surface area contributed by atoms with Crippen LogP contribution in [0.2, 0.25) is 0 Å². The average Bonchev–Trinajstić information content (AvgIpc) is 2.30. The van der Waals surface area contributed by atoms with E-state index in [9.17, 15) is 0 Å². The number of nitrogens with zero attached hydrogens (tertiary/aromatic N) is 1. The second kappa shape index (κ2) is 5.10. The van der Waals surface area contributed by atoms with Gasteiger partial charge >= 0.3 is 0 Å². The Morgan fingerprint density at radius 2 is 2.00 bits per heavy atom. The summed E-state index contributed by atoms with van der Waals surface area (Å²) in [5, 5.41) is 3.42. The smallest absolute Gasteiger partial charge is 0.0594 e. The van der Waals surface area contributed by atoms with Crippen LogP contribution in [0.1, 0.15) is 25.7 Å². The van der Waals surface area contributed by atoms with Crippen molar-refractivity contribution in [3.05, 3.63) is 0 Å². The average molecular weight is 198 g/mol. The van der Waals surface area contributed by atoms with Crippen LogP contribution in [0, 0.1) is 0 Å². The summed E-state index contributed by atoms with van der Waals surface area (Å²) in [5.74, 6) is 0. The highest BCUT2D eigenvalue weighted by atomic mass is 16.5. The van der Waals surface area contributed by atoms with Crippen molar-refractivity contribution in [2.24, 2.45) is 0 Å². The highest BCUT2D eigenvalue weighted by molar-refractivity contribution is 4.84. The van der Waals surface area contributed by atoms with Crippen molar-refractivity contribution < 1.29 is 4.74 Å². The Hall–Kier alpha value is -0.120.